The lowest BCUT2D eigenvalue weighted by Gasteiger charge is -2.33. The predicted molar refractivity (Wildman–Crippen MR) is 55.0 cm³/mol. The van der Waals surface area contributed by atoms with Crippen LogP contribution in [-0.4, -0.2) is 41.8 Å². The molecule has 6 heteroatoms. The molecule has 0 saturated carbocycles. The molecule has 3 N–H and O–H groups in total. The van der Waals surface area contributed by atoms with Gasteiger partial charge in [-0.25, -0.2) is 0 Å². The van der Waals surface area contributed by atoms with Crippen LogP contribution in [0.3, 0.4) is 0 Å². The van der Waals surface area contributed by atoms with Crippen molar-refractivity contribution in [3.05, 3.63) is 0 Å². The Morgan fingerprint density at radius 2 is 2.06 bits per heavy atom. The molecule has 3 atom stereocenters. The second-order valence-corrected chi connectivity index (χ2v) is 4.43. The molecular formula is C10H15N3O3. The third kappa shape index (κ3) is 1.69. The SMILES string of the molecule is C[C@H](N)C(=O)N1CC[C@@H]2C(=O)NC(=O)[C@H]2C1. The third-order valence-corrected chi connectivity index (χ3v) is 3.23. The quantitative estimate of drug-likeness (QED) is 0.529. The minimum Gasteiger partial charge on any atom is -0.341 e. The maximum absolute atomic E-state index is 11.7. The number of likely N-dealkylation sites (tertiary alicyclic amines) is 1. The highest BCUT2D eigenvalue weighted by molar-refractivity contribution is 6.05. The molecule has 88 valence electrons. The van der Waals surface area contributed by atoms with Crippen molar-refractivity contribution in [1.29, 1.82) is 0 Å². The van der Waals surface area contributed by atoms with Gasteiger partial charge in [-0.05, 0) is 13.3 Å². The van der Waals surface area contributed by atoms with Gasteiger partial charge in [0.1, 0.15) is 0 Å². The summed E-state index contributed by atoms with van der Waals surface area (Å²) in [5, 5.41) is 2.30. The molecule has 2 rings (SSSR count). The second kappa shape index (κ2) is 3.86. The summed E-state index contributed by atoms with van der Waals surface area (Å²) in [6.45, 7) is 2.43. The molecule has 0 aromatic carbocycles. The van der Waals surface area contributed by atoms with Gasteiger partial charge >= 0.3 is 0 Å². The van der Waals surface area contributed by atoms with Gasteiger partial charge in [0.15, 0.2) is 0 Å². The Labute approximate surface area is 93.1 Å². The standard InChI is InChI=1S/C10H15N3O3/c1-5(11)10(16)13-3-2-6-7(4-13)9(15)12-8(6)14/h5-7H,2-4,11H2,1H3,(H,12,14,15)/t5-,6-,7-/m0/s1. The summed E-state index contributed by atoms with van der Waals surface area (Å²) in [6, 6.07) is -0.559. The number of piperidine rings is 1. The average Bonchev–Trinajstić information content (AvgIpc) is 2.53. The number of imide groups is 1. The summed E-state index contributed by atoms with van der Waals surface area (Å²) in [6.07, 6.45) is 0.542. The first-order valence-corrected chi connectivity index (χ1v) is 5.39. The van der Waals surface area contributed by atoms with Crippen molar-refractivity contribution in [2.24, 2.45) is 17.6 Å². The summed E-state index contributed by atoms with van der Waals surface area (Å²) in [7, 11) is 0. The largest absolute Gasteiger partial charge is 0.341 e. The maximum Gasteiger partial charge on any atom is 0.239 e. The molecule has 0 aromatic heterocycles. The number of hydrogen-bond donors (Lipinski definition) is 2. The number of nitrogens with two attached hydrogens (primary N) is 1. The summed E-state index contributed by atoms with van der Waals surface area (Å²) in [5.41, 5.74) is 5.51. The number of rotatable bonds is 1. The monoisotopic (exact) mass is 225 g/mol. The van der Waals surface area contributed by atoms with Crippen LogP contribution in [0.1, 0.15) is 13.3 Å². The van der Waals surface area contributed by atoms with Crippen LogP contribution in [0, 0.1) is 11.8 Å². The molecule has 0 bridgehead atoms. The lowest BCUT2D eigenvalue weighted by molar-refractivity contribution is -0.137. The van der Waals surface area contributed by atoms with E-state index in [1.807, 2.05) is 0 Å². The summed E-state index contributed by atoms with van der Waals surface area (Å²) in [5.74, 6) is -1.28. The van der Waals surface area contributed by atoms with E-state index in [9.17, 15) is 14.4 Å². The highest BCUT2D eigenvalue weighted by Gasteiger charge is 2.45. The summed E-state index contributed by atoms with van der Waals surface area (Å²) in [4.78, 5) is 36.1. The molecule has 0 aromatic rings. The van der Waals surface area contributed by atoms with Crippen molar-refractivity contribution in [2.45, 2.75) is 19.4 Å². The van der Waals surface area contributed by atoms with Crippen LogP contribution in [0.25, 0.3) is 0 Å². The van der Waals surface area contributed by atoms with Crippen LogP contribution in [0.15, 0.2) is 0 Å². The minimum atomic E-state index is -0.559. The van der Waals surface area contributed by atoms with E-state index in [0.29, 0.717) is 19.5 Å². The Bertz CT molecular complexity index is 353. The normalized spacial score (nSPS) is 31.0. The van der Waals surface area contributed by atoms with Gasteiger partial charge in [0.05, 0.1) is 17.9 Å². The smallest absolute Gasteiger partial charge is 0.239 e. The van der Waals surface area contributed by atoms with E-state index < -0.39 is 6.04 Å². The van der Waals surface area contributed by atoms with E-state index in [-0.39, 0.29) is 29.6 Å². The van der Waals surface area contributed by atoms with Crippen molar-refractivity contribution in [1.82, 2.24) is 10.2 Å². The Hall–Kier alpha value is -1.43. The predicted octanol–water partition coefficient (Wildman–Crippen LogP) is -1.55. The van der Waals surface area contributed by atoms with Crippen LogP contribution in [0.5, 0.6) is 0 Å². The molecule has 0 radical (unpaired) electrons. The molecule has 16 heavy (non-hydrogen) atoms. The first-order valence-electron chi connectivity index (χ1n) is 5.39. The van der Waals surface area contributed by atoms with E-state index in [2.05, 4.69) is 5.32 Å². The van der Waals surface area contributed by atoms with Crippen LogP contribution >= 0.6 is 0 Å². The van der Waals surface area contributed by atoms with Gasteiger partial charge in [-0.3, -0.25) is 19.7 Å². The van der Waals surface area contributed by atoms with E-state index in [1.54, 1.807) is 11.8 Å². The van der Waals surface area contributed by atoms with Crippen LogP contribution in [-0.2, 0) is 14.4 Å². The molecule has 2 fully saturated rings. The summed E-state index contributed by atoms with van der Waals surface area (Å²) < 4.78 is 0. The molecule has 0 unspecified atom stereocenters. The fourth-order valence-corrected chi connectivity index (χ4v) is 2.33. The van der Waals surface area contributed by atoms with Gasteiger partial charge in [-0.2, -0.15) is 0 Å². The van der Waals surface area contributed by atoms with Gasteiger partial charge in [0.25, 0.3) is 0 Å². The van der Waals surface area contributed by atoms with Crippen molar-refractivity contribution in [3.8, 4) is 0 Å². The van der Waals surface area contributed by atoms with Gasteiger partial charge in [-0.1, -0.05) is 0 Å². The first-order chi connectivity index (χ1) is 7.50. The topological polar surface area (TPSA) is 92.5 Å². The lowest BCUT2D eigenvalue weighted by Crippen LogP contribution is -2.49. The van der Waals surface area contributed by atoms with Crippen LogP contribution in [0.4, 0.5) is 0 Å². The van der Waals surface area contributed by atoms with Crippen molar-refractivity contribution in [2.75, 3.05) is 13.1 Å². The Kier molecular flexibility index (Phi) is 2.67. The number of carbonyl (C=O) groups is 3. The average molecular weight is 225 g/mol. The van der Waals surface area contributed by atoms with Crippen molar-refractivity contribution in [3.63, 3.8) is 0 Å². The van der Waals surface area contributed by atoms with E-state index in [1.165, 1.54) is 0 Å². The third-order valence-electron chi connectivity index (χ3n) is 3.23. The van der Waals surface area contributed by atoms with Gasteiger partial charge < -0.3 is 10.6 Å². The maximum atomic E-state index is 11.7. The van der Waals surface area contributed by atoms with Crippen LogP contribution < -0.4 is 11.1 Å². The molecule has 6 nitrogen and oxygen atoms in total. The second-order valence-electron chi connectivity index (χ2n) is 4.43. The molecule has 2 heterocycles. The number of fused-ring (bicyclic) bond motifs is 1. The molecule has 3 amide bonds. The Morgan fingerprint density at radius 1 is 1.44 bits per heavy atom. The zero-order valence-electron chi connectivity index (χ0n) is 9.10. The molecule has 2 saturated heterocycles. The number of carbonyl (C=O) groups excluding carboxylic acids is 3. The van der Waals surface area contributed by atoms with Crippen molar-refractivity contribution >= 4 is 17.7 Å². The molecular weight excluding hydrogens is 210 g/mol. The molecule has 0 aliphatic carbocycles. The zero-order chi connectivity index (χ0) is 11.9. The summed E-state index contributed by atoms with van der Waals surface area (Å²) >= 11 is 0. The molecule has 0 spiro atoms. The fourth-order valence-electron chi connectivity index (χ4n) is 2.33. The number of hydrogen-bond acceptors (Lipinski definition) is 4. The van der Waals surface area contributed by atoms with Crippen LogP contribution in [0.2, 0.25) is 0 Å². The number of amides is 3. The fraction of sp³-hybridized carbons (Fsp3) is 0.700. The van der Waals surface area contributed by atoms with E-state index in [4.69, 9.17) is 5.73 Å². The zero-order valence-corrected chi connectivity index (χ0v) is 9.10. The number of nitrogens with one attached hydrogen (secondary N) is 1. The van der Waals surface area contributed by atoms with Gasteiger partial charge in [0.2, 0.25) is 17.7 Å². The number of nitrogens with zero attached hydrogens (tertiary/aromatic N) is 1. The Morgan fingerprint density at radius 3 is 2.69 bits per heavy atom. The minimum absolute atomic E-state index is 0.161. The van der Waals surface area contributed by atoms with Gasteiger partial charge in [-0.15, -0.1) is 0 Å². The lowest BCUT2D eigenvalue weighted by atomic mass is 9.87. The molecule has 2 aliphatic heterocycles. The first kappa shape index (κ1) is 11.1. The van der Waals surface area contributed by atoms with E-state index >= 15 is 0 Å². The van der Waals surface area contributed by atoms with Gasteiger partial charge in [0, 0.05) is 13.1 Å². The molecule has 2 aliphatic rings. The Balaban J connectivity index is 2.08. The van der Waals surface area contributed by atoms with Crippen molar-refractivity contribution < 1.29 is 14.4 Å². The highest BCUT2D eigenvalue weighted by atomic mass is 16.2. The highest BCUT2D eigenvalue weighted by Crippen LogP contribution is 2.28. The van der Waals surface area contributed by atoms with E-state index in [0.717, 1.165) is 0 Å².